The molecular formula is C21H19FN8. The molecule has 4 aromatic heterocycles. The van der Waals surface area contributed by atoms with Crippen LogP contribution in [0.15, 0.2) is 49.3 Å². The lowest BCUT2D eigenvalue weighted by Gasteiger charge is -2.23. The van der Waals surface area contributed by atoms with E-state index >= 15 is 0 Å². The summed E-state index contributed by atoms with van der Waals surface area (Å²) in [7, 11) is 0. The summed E-state index contributed by atoms with van der Waals surface area (Å²) < 4.78 is 15.8. The van der Waals surface area contributed by atoms with Crippen LogP contribution in [0, 0.1) is 17.2 Å². The number of aromatic nitrogens is 6. The summed E-state index contributed by atoms with van der Waals surface area (Å²) in [6, 6.07) is 7.39. The van der Waals surface area contributed by atoms with Crippen molar-refractivity contribution >= 4 is 16.7 Å². The van der Waals surface area contributed by atoms with Crippen molar-refractivity contribution in [2.45, 2.75) is 12.5 Å². The highest BCUT2D eigenvalue weighted by Gasteiger charge is 2.32. The van der Waals surface area contributed by atoms with Crippen molar-refractivity contribution in [1.29, 1.82) is 5.26 Å². The van der Waals surface area contributed by atoms with Gasteiger partial charge in [0.15, 0.2) is 5.69 Å². The number of nitrogens with one attached hydrogen (secondary N) is 1. The molecule has 9 heteroatoms. The zero-order valence-electron chi connectivity index (χ0n) is 16.1. The van der Waals surface area contributed by atoms with Crippen LogP contribution in [0.5, 0.6) is 0 Å². The van der Waals surface area contributed by atoms with Gasteiger partial charge in [-0.25, -0.2) is 19.3 Å². The molecule has 0 aromatic carbocycles. The van der Waals surface area contributed by atoms with Crippen LogP contribution in [-0.4, -0.2) is 49.5 Å². The molecule has 1 aliphatic rings. The van der Waals surface area contributed by atoms with Gasteiger partial charge in [0.25, 0.3) is 0 Å². The van der Waals surface area contributed by atoms with E-state index in [1.54, 1.807) is 17.1 Å². The first-order valence-corrected chi connectivity index (χ1v) is 9.77. The Morgan fingerprint density at radius 2 is 2.23 bits per heavy atom. The number of pyridine rings is 1. The highest BCUT2D eigenvalue weighted by atomic mass is 19.1. The molecule has 5 heterocycles. The summed E-state index contributed by atoms with van der Waals surface area (Å²) in [5.74, 6) is 0.0761. The van der Waals surface area contributed by atoms with E-state index in [1.165, 1.54) is 6.33 Å². The molecule has 1 unspecified atom stereocenters. The first kappa shape index (κ1) is 18.2. The Morgan fingerprint density at radius 1 is 1.30 bits per heavy atom. The van der Waals surface area contributed by atoms with Gasteiger partial charge >= 0.3 is 0 Å². The minimum Gasteiger partial charge on any atom is -0.369 e. The molecule has 30 heavy (non-hydrogen) atoms. The Balaban J connectivity index is 1.39. The molecular weight excluding hydrogens is 383 g/mol. The maximum atomic E-state index is 14.1. The molecule has 4 aromatic rings. The summed E-state index contributed by atoms with van der Waals surface area (Å²) in [6.07, 6.45) is 9.33. The van der Waals surface area contributed by atoms with Gasteiger partial charge in [-0.05, 0) is 24.6 Å². The van der Waals surface area contributed by atoms with E-state index in [0.717, 1.165) is 40.9 Å². The molecule has 1 aliphatic heterocycles. The minimum atomic E-state index is -0.513. The second kappa shape index (κ2) is 7.55. The van der Waals surface area contributed by atoms with E-state index in [9.17, 15) is 9.65 Å². The van der Waals surface area contributed by atoms with E-state index < -0.39 is 6.67 Å². The third-order valence-corrected chi connectivity index (χ3v) is 5.73. The Hall–Kier alpha value is -3.80. The van der Waals surface area contributed by atoms with E-state index in [1.807, 2.05) is 30.6 Å². The van der Waals surface area contributed by atoms with Gasteiger partial charge < -0.3 is 9.88 Å². The molecule has 1 saturated heterocycles. The molecule has 0 radical (unpaired) electrons. The number of alkyl halides is 1. The average molecular weight is 402 g/mol. The number of H-pyrrole nitrogens is 1. The minimum absolute atomic E-state index is 0.0761. The molecule has 0 saturated carbocycles. The maximum Gasteiger partial charge on any atom is 0.163 e. The maximum absolute atomic E-state index is 14.1. The molecule has 1 fully saturated rings. The van der Waals surface area contributed by atoms with Crippen LogP contribution in [0.1, 0.15) is 18.2 Å². The Labute approximate surface area is 172 Å². The number of aromatic amines is 1. The van der Waals surface area contributed by atoms with E-state index in [2.05, 4.69) is 36.0 Å². The average Bonchev–Trinajstić information content (AvgIpc) is 3.55. The fourth-order valence-electron chi connectivity index (χ4n) is 4.22. The fourth-order valence-corrected chi connectivity index (χ4v) is 4.22. The molecule has 8 nitrogen and oxygen atoms in total. The predicted octanol–water partition coefficient (Wildman–Crippen LogP) is 3.13. The summed E-state index contributed by atoms with van der Waals surface area (Å²) in [6.45, 7) is 0.895. The lowest BCUT2D eigenvalue weighted by atomic mass is 10.00. The second-order valence-electron chi connectivity index (χ2n) is 7.37. The number of fused-ring (bicyclic) bond motifs is 1. The Kier molecular flexibility index (Phi) is 4.59. The van der Waals surface area contributed by atoms with Gasteiger partial charge in [-0.3, -0.25) is 4.68 Å². The normalized spacial score (nSPS) is 17.3. The van der Waals surface area contributed by atoms with Gasteiger partial charge in [-0.2, -0.15) is 10.4 Å². The van der Waals surface area contributed by atoms with Crippen LogP contribution in [0.2, 0.25) is 0 Å². The van der Waals surface area contributed by atoms with Crippen molar-refractivity contribution in [2.75, 3.05) is 24.7 Å². The molecule has 150 valence electrons. The SMILES string of the molecule is N#Cc1ncccc1N1CC[C@H](C(CF)n2cc(-c3ncnc4[nH]ccc34)cn2)C1. The highest BCUT2D eigenvalue weighted by Crippen LogP contribution is 2.33. The van der Waals surface area contributed by atoms with Crippen LogP contribution in [0.3, 0.4) is 0 Å². The summed E-state index contributed by atoms with van der Waals surface area (Å²) >= 11 is 0. The van der Waals surface area contributed by atoms with Gasteiger partial charge in [-0.15, -0.1) is 0 Å². The van der Waals surface area contributed by atoms with Gasteiger partial charge in [0, 0.05) is 48.5 Å². The smallest absolute Gasteiger partial charge is 0.163 e. The van der Waals surface area contributed by atoms with Crippen LogP contribution in [-0.2, 0) is 0 Å². The van der Waals surface area contributed by atoms with Crippen molar-refractivity contribution in [1.82, 2.24) is 29.7 Å². The zero-order chi connectivity index (χ0) is 20.5. The quantitative estimate of drug-likeness (QED) is 0.551. The van der Waals surface area contributed by atoms with E-state index in [0.29, 0.717) is 12.2 Å². The van der Waals surface area contributed by atoms with E-state index in [4.69, 9.17) is 0 Å². The first-order valence-electron chi connectivity index (χ1n) is 9.77. The fraction of sp³-hybridized carbons (Fsp3) is 0.286. The second-order valence-corrected chi connectivity index (χ2v) is 7.37. The molecule has 5 rings (SSSR count). The first-order chi connectivity index (χ1) is 14.8. The summed E-state index contributed by atoms with van der Waals surface area (Å²) in [5, 5.41) is 14.7. The Bertz CT molecular complexity index is 1220. The van der Waals surface area contributed by atoms with Gasteiger partial charge in [-0.1, -0.05) is 0 Å². The van der Waals surface area contributed by atoms with Crippen molar-refractivity contribution in [3.05, 3.63) is 55.0 Å². The summed E-state index contributed by atoms with van der Waals surface area (Å²) in [5.41, 5.74) is 3.56. The number of hydrogen-bond donors (Lipinski definition) is 1. The van der Waals surface area contributed by atoms with Crippen LogP contribution in [0.25, 0.3) is 22.3 Å². The number of anilines is 1. The molecule has 2 atom stereocenters. The van der Waals surface area contributed by atoms with Crippen LogP contribution in [0.4, 0.5) is 10.1 Å². The van der Waals surface area contributed by atoms with Gasteiger partial charge in [0.05, 0.1) is 23.6 Å². The molecule has 0 amide bonds. The summed E-state index contributed by atoms with van der Waals surface area (Å²) in [4.78, 5) is 17.9. The zero-order valence-corrected chi connectivity index (χ0v) is 16.1. The third kappa shape index (κ3) is 3.06. The highest BCUT2D eigenvalue weighted by molar-refractivity contribution is 5.89. The topological polar surface area (TPSA) is 99.3 Å². The van der Waals surface area contributed by atoms with Gasteiger partial charge in [0.2, 0.25) is 0 Å². The third-order valence-electron chi connectivity index (χ3n) is 5.73. The molecule has 1 N–H and O–H groups in total. The van der Waals surface area contributed by atoms with Crippen molar-refractivity contribution in [3.8, 4) is 17.3 Å². The standard InChI is InChI=1S/C21H19FN8/c22-8-19(14-4-7-29(11-14)18-2-1-5-24-17(18)9-23)30-12-15(10-28-30)20-16-3-6-25-21(16)27-13-26-20/h1-3,5-6,10,12-14,19H,4,7-8,11H2,(H,25,26,27)/t14-,19?/m0/s1. The molecule has 0 bridgehead atoms. The van der Waals surface area contributed by atoms with Crippen molar-refractivity contribution in [3.63, 3.8) is 0 Å². The Morgan fingerprint density at radius 3 is 3.10 bits per heavy atom. The lowest BCUT2D eigenvalue weighted by molar-refractivity contribution is 0.257. The van der Waals surface area contributed by atoms with Crippen LogP contribution < -0.4 is 4.90 Å². The van der Waals surface area contributed by atoms with Crippen LogP contribution >= 0.6 is 0 Å². The lowest BCUT2D eigenvalue weighted by Crippen LogP contribution is -2.26. The molecule has 0 aliphatic carbocycles. The number of nitriles is 1. The van der Waals surface area contributed by atoms with Gasteiger partial charge in [0.1, 0.15) is 24.7 Å². The monoisotopic (exact) mass is 402 g/mol. The molecule has 0 spiro atoms. The van der Waals surface area contributed by atoms with Crippen molar-refractivity contribution < 1.29 is 4.39 Å². The largest absolute Gasteiger partial charge is 0.369 e. The van der Waals surface area contributed by atoms with E-state index in [-0.39, 0.29) is 12.0 Å². The number of rotatable bonds is 5. The van der Waals surface area contributed by atoms with Crippen molar-refractivity contribution in [2.24, 2.45) is 5.92 Å². The number of nitrogens with zero attached hydrogens (tertiary/aromatic N) is 7. The number of hydrogen-bond acceptors (Lipinski definition) is 6. The predicted molar refractivity (Wildman–Crippen MR) is 109 cm³/mol. The number of halogens is 1.